The first-order chi connectivity index (χ1) is 15.3. The molecule has 1 unspecified atom stereocenters. The Labute approximate surface area is 188 Å². The van der Waals surface area contributed by atoms with E-state index in [1.165, 1.54) is 11.6 Å². The van der Waals surface area contributed by atoms with Crippen molar-refractivity contribution in [1.82, 2.24) is 15.1 Å². The lowest BCUT2D eigenvalue weighted by Crippen LogP contribution is -2.40. The van der Waals surface area contributed by atoms with E-state index >= 15 is 0 Å². The van der Waals surface area contributed by atoms with E-state index in [0.29, 0.717) is 12.1 Å². The van der Waals surface area contributed by atoms with E-state index in [-0.39, 0.29) is 29.3 Å². The van der Waals surface area contributed by atoms with Gasteiger partial charge in [-0.05, 0) is 30.2 Å². The number of amides is 1. The van der Waals surface area contributed by atoms with Crippen LogP contribution in [0, 0.1) is 0 Å². The monoisotopic (exact) mass is 456 g/mol. The van der Waals surface area contributed by atoms with Crippen LogP contribution in [0.3, 0.4) is 0 Å². The van der Waals surface area contributed by atoms with Crippen LogP contribution in [-0.4, -0.2) is 69.4 Å². The number of ether oxygens (including phenoxy) is 1. The van der Waals surface area contributed by atoms with E-state index in [4.69, 9.17) is 4.74 Å². The zero-order chi connectivity index (χ0) is 22.7. The summed E-state index contributed by atoms with van der Waals surface area (Å²) in [6, 6.07) is 14.8. The summed E-state index contributed by atoms with van der Waals surface area (Å²) in [7, 11) is -2.04. The molecule has 1 atom stereocenters. The Balaban J connectivity index is 1.33. The molecule has 170 valence electrons. The zero-order valence-electron chi connectivity index (χ0n) is 18.3. The van der Waals surface area contributed by atoms with Crippen molar-refractivity contribution in [2.75, 3.05) is 33.3 Å². The summed E-state index contributed by atoms with van der Waals surface area (Å²) in [5, 5.41) is 2.92. The van der Waals surface area contributed by atoms with Crippen molar-refractivity contribution in [3.63, 3.8) is 0 Å². The molecule has 32 heavy (non-hydrogen) atoms. The Kier molecular flexibility index (Phi) is 6.59. The maximum Gasteiger partial charge on any atom is 0.285 e. The molecule has 2 aromatic carbocycles. The quantitative estimate of drug-likeness (QED) is 0.710. The number of nitrogens with zero attached hydrogens (tertiary/aromatic N) is 3. The van der Waals surface area contributed by atoms with Gasteiger partial charge in [-0.2, -0.15) is 8.42 Å². The van der Waals surface area contributed by atoms with Gasteiger partial charge in [0.25, 0.3) is 10.0 Å². The smallest absolute Gasteiger partial charge is 0.285 e. The second-order valence-electron chi connectivity index (χ2n) is 8.26. The van der Waals surface area contributed by atoms with Gasteiger partial charge in [0.1, 0.15) is 4.90 Å². The van der Waals surface area contributed by atoms with Gasteiger partial charge < -0.3 is 15.0 Å². The number of morpholine rings is 1. The fraction of sp³-hybridized carbons (Fsp3) is 0.391. The molecule has 2 aromatic rings. The number of nitrogens with one attached hydrogen (secondary N) is 1. The molecule has 0 radical (unpaired) electrons. The van der Waals surface area contributed by atoms with Crippen molar-refractivity contribution >= 4 is 21.8 Å². The number of hydrogen-bond donors (Lipinski definition) is 1. The Morgan fingerprint density at radius 1 is 1.22 bits per heavy atom. The summed E-state index contributed by atoms with van der Waals surface area (Å²) in [4.78, 5) is 16.6. The highest BCUT2D eigenvalue weighted by Crippen LogP contribution is 2.26. The third-order valence-corrected chi connectivity index (χ3v) is 6.89. The largest absolute Gasteiger partial charge is 0.376 e. The molecular formula is C23H28N4O4S. The highest BCUT2D eigenvalue weighted by molar-refractivity contribution is 7.90. The summed E-state index contributed by atoms with van der Waals surface area (Å²) < 4.78 is 33.9. The second-order valence-corrected chi connectivity index (χ2v) is 9.83. The molecule has 1 N–H and O–H groups in total. The number of carbonyl (C=O) groups is 1. The van der Waals surface area contributed by atoms with E-state index in [1.54, 1.807) is 30.1 Å². The molecule has 0 saturated carbocycles. The number of fused-ring (bicyclic) bond motifs is 1. The minimum absolute atomic E-state index is 0.00798. The first-order valence-corrected chi connectivity index (χ1v) is 12.1. The van der Waals surface area contributed by atoms with E-state index in [2.05, 4.69) is 33.7 Å². The van der Waals surface area contributed by atoms with Crippen LogP contribution in [0.25, 0.3) is 0 Å². The molecule has 1 fully saturated rings. The van der Waals surface area contributed by atoms with Crippen LogP contribution in [0.15, 0.2) is 57.8 Å². The lowest BCUT2D eigenvalue weighted by atomic mass is 10.1. The highest BCUT2D eigenvalue weighted by atomic mass is 32.2. The first kappa shape index (κ1) is 22.4. The predicted molar refractivity (Wildman–Crippen MR) is 122 cm³/mol. The van der Waals surface area contributed by atoms with Gasteiger partial charge in [-0.25, -0.2) is 0 Å². The molecular weight excluding hydrogens is 428 g/mol. The number of sulfonamides is 1. The van der Waals surface area contributed by atoms with Crippen molar-refractivity contribution in [3.05, 3.63) is 65.2 Å². The lowest BCUT2D eigenvalue weighted by molar-refractivity contribution is -0.121. The summed E-state index contributed by atoms with van der Waals surface area (Å²) in [5.74, 6) is 0.0851. The van der Waals surface area contributed by atoms with Crippen LogP contribution in [0.4, 0.5) is 0 Å². The van der Waals surface area contributed by atoms with Gasteiger partial charge in [0.15, 0.2) is 5.84 Å². The van der Waals surface area contributed by atoms with Gasteiger partial charge in [0.2, 0.25) is 5.91 Å². The van der Waals surface area contributed by atoms with E-state index in [0.717, 1.165) is 31.8 Å². The van der Waals surface area contributed by atoms with Crippen molar-refractivity contribution in [2.24, 2.45) is 4.40 Å². The highest BCUT2D eigenvalue weighted by Gasteiger charge is 2.30. The molecule has 8 nitrogen and oxygen atoms in total. The van der Waals surface area contributed by atoms with Crippen LogP contribution in [-0.2, 0) is 32.6 Å². The summed E-state index contributed by atoms with van der Waals surface area (Å²) in [5.41, 5.74) is 2.74. The fourth-order valence-corrected chi connectivity index (χ4v) is 5.29. The third kappa shape index (κ3) is 5.17. The average molecular weight is 457 g/mol. The Hall–Kier alpha value is -2.75. The standard InChI is InChI=1S/C23H28N4O4S/c1-17-14-27(10-11-31-17)15-19-7-5-6-18(12-19)13-24-22(28)16-26(2)23-20-8-3-4-9-21(20)32(29,30)25-23/h3-9,12,17H,10-11,13-16H2,1-2H3,(H,24,28). The van der Waals surface area contributed by atoms with Crippen molar-refractivity contribution in [3.8, 4) is 0 Å². The molecule has 9 heteroatoms. The minimum atomic E-state index is -3.71. The second kappa shape index (κ2) is 9.40. The number of likely N-dealkylation sites (N-methyl/N-ethyl adjacent to an activating group) is 1. The molecule has 1 saturated heterocycles. The summed E-state index contributed by atoms with van der Waals surface area (Å²) in [6.45, 7) is 5.93. The number of hydrogen-bond acceptors (Lipinski definition) is 6. The SMILES string of the molecule is CC1CN(Cc2cccc(CNC(=O)CN(C)C3=NS(=O)(=O)c4ccccc43)c2)CCO1. The molecule has 4 rings (SSSR count). The lowest BCUT2D eigenvalue weighted by Gasteiger charge is -2.31. The van der Waals surface area contributed by atoms with Gasteiger partial charge >= 0.3 is 0 Å². The first-order valence-electron chi connectivity index (χ1n) is 10.7. The minimum Gasteiger partial charge on any atom is -0.376 e. The topological polar surface area (TPSA) is 91.3 Å². The average Bonchev–Trinajstić information content (AvgIpc) is 3.04. The molecule has 1 amide bonds. The molecule has 0 spiro atoms. The molecule has 0 bridgehead atoms. The Bertz CT molecular complexity index is 1130. The fourth-order valence-electron chi connectivity index (χ4n) is 4.04. The maximum absolute atomic E-state index is 12.5. The summed E-state index contributed by atoms with van der Waals surface area (Å²) in [6.07, 6.45) is 0.245. The van der Waals surface area contributed by atoms with Gasteiger partial charge in [-0.15, -0.1) is 4.40 Å². The van der Waals surface area contributed by atoms with Gasteiger partial charge in [0, 0.05) is 38.8 Å². The third-order valence-electron chi connectivity index (χ3n) is 5.57. The molecule has 2 aliphatic heterocycles. The van der Waals surface area contributed by atoms with Crippen molar-refractivity contribution < 1.29 is 17.9 Å². The van der Waals surface area contributed by atoms with E-state index < -0.39 is 10.0 Å². The van der Waals surface area contributed by atoms with Crippen LogP contribution < -0.4 is 5.32 Å². The van der Waals surface area contributed by atoms with E-state index in [9.17, 15) is 13.2 Å². The van der Waals surface area contributed by atoms with Crippen molar-refractivity contribution in [1.29, 1.82) is 0 Å². The predicted octanol–water partition coefficient (Wildman–Crippen LogP) is 1.60. The number of carbonyl (C=O) groups excluding carboxylic acids is 1. The Morgan fingerprint density at radius 2 is 2.00 bits per heavy atom. The summed E-state index contributed by atoms with van der Waals surface area (Å²) >= 11 is 0. The molecule has 2 heterocycles. The molecule has 2 aliphatic rings. The van der Waals surface area contributed by atoms with Crippen LogP contribution in [0.5, 0.6) is 0 Å². The maximum atomic E-state index is 12.5. The van der Waals surface area contributed by atoms with E-state index in [1.807, 2.05) is 12.1 Å². The Morgan fingerprint density at radius 3 is 2.81 bits per heavy atom. The van der Waals surface area contributed by atoms with Crippen LogP contribution >= 0.6 is 0 Å². The molecule has 0 aromatic heterocycles. The zero-order valence-corrected chi connectivity index (χ0v) is 19.1. The van der Waals surface area contributed by atoms with Gasteiger partial charge in [-0.3, -0.25) is 9.69 Å². The van der Waals surface area contributed by atoms with Crippen LogP contribution in [0.2, 0.25) is 0 Å². The number of amidine groups is 1. The number of rotatable bonds is 6. The number of benzene rings is 2. The van der Waals surface area contributed by atoms with Gasteiger partial charge in [-0.1, -0.05) is 36.4 Å². The molecule has 0 aliphatic carbocycles. The van der Waals surface area contributed by atoms with Crippen molar-refractivity contribution in [2.45, 2.75) is 31.0 Å². The van der Waals surface area contributed by atoms with Crippen LogP contribution in [0.1, 0.15) is 23.6 Å². The van der Waals surface area contributed by atoms with Gasteiger partial charge in [0.05, 0.1) is 19.3 Å². The normalized spacial score (nSPS) is 19.8.